The number of carbonyl (C=O) groups excluding carboxylic acids is 2. The third-order valence-corrected chi connectivity index (χ3v) is 8.32. The van der Waals surface area contributed by atoms with Crippen LogP contribution in [0.1, 0.15) is 60.0 Å². The minimum atomic E-state index is -0.662. The highest BCUT2D eigenvalue weighted by Crippen LogP contribution is 2.43. The molecule has 0 spiro atoms. The maximum Gasteiger partial charge on any atom is 0.257 e. The summed E-state index contributed by atoms with van der Waals surface area (Å²) < 4.78 is 20.2. The molecule has 2 aliphatic rings. The smallest absolute Gasteiger partial charge is 0.257 e. The van der Waals surface area contributed by atoms with Crippen molar-refractivity contribution in [2.75, 3.05) is 26.7 Å². The Morgan fingerprint density at radius 3 is 2.31 bits per heavy atom. The number of hydrogen-bond acceptors (Lipinski definition) is 3. The monoisotopic (exact) mass is 528 g/mol. The van der Waals surface area contributed by atoms with Crippen molar-refractivity contribution in [1.29, 1.82) is 0 Å². The molecule has 1 fully saturated rings. The summed E-state index contributed by atoms with van der Waals surface area (Å²) >= 11 is 0. The van der Waals surface area contributed by atoms with Crippen molar-refractivity contribution in [1.82, 2.24) is 9.80 Å². The van der Waals surface area contributed by atoms with Crippen molar-refractivity contribution in [2.24, 2.45) is 0 Å². The Labute approximate surface area is 230 Å². The minimum absolute atomic E-state index is 0.0556. The van der Waals surface area contributed by atoms with Crippen LogP contribution < -0.4 is 4.74 Å². The molecule has 3 aromatic carbocycles. The minimum Gasteiger partial charge on any atom is -0.491 e. The lowest BCUT2D eigenvalue weighted by molar-refractivity contribution is -0.140. The third kappa shape index (κ3) is 5.85. The Hall–Kier alpha value is -3.67. The van der Waals surface area contributed by atoms with E-state index >= 15 is 0 Å². The summed E-state index contributed by atoms with van der Waals surface area (Å²) in [5.74, 6) is 0.290. The predicted molar refractivity (Wildman–Crippen MR) is 150 cm³/mol. The molecule has 0 N–H and O–H groups in total. The quantitative estimate of drug-likeness (QED) is 0.416. The van der Waals surface area contributed by atoms with E-state index in [4.69, 9.17) is 4.74 Å². The number of ether oxygens (including phenoxy) is 1. The van der Waals surface area contributed by atoms with Crippen LogP contribution in [0.25, 0.3) is 0 Å². The summed E-state index contributed by atoms with van der Waals surface area (Å²) in [7, 11) is 1.81. The van der Waals surface area contributed by atoms with Gasteiger partial charge in [-0.05, 0) is 67.5 Å². The molecule has 0 bridgehead atoms. The molecule has 6 heteroatoms. The number of rotatable bonds is 4. The summed E-state index contributed by atoms with van der Waals surface area (Å²) in [4.78, 5) is 31.6. The molecule has 5 nitrogen and oxygen atoms in total. The zero-order chi connectivity index (χ0) is 27.2. The van der Waals surface area contributed by atoms with Crippen LogP contribution in [0.2, 0.25) is 0 Å². The topological polar surface area (TPSA) is 49.9 Å². The lowest BCUT2D eigenvalue weighted by Gasteiger charge is -2.40. The Kier molecular flexibility index (Phi) is 8.30. The molecule has 1 aliphatic carbocycles. The molecule has 0 saturated heterocycles. The van der Waals surface area contributed by atoms with Gasteiger partial charge in [-0.1, -0.05) is 67.4 Å². The first-order chi connectivity index (χ1) is 19.0. The SMILES string of the molecule is CN1CCCCN(C(=O)C2(c3ccc(F)cc3)CCCC2)[C@H](Cc2ccccc2)COc2ccccc2C1=O. The Balaban J connectivity index is 1.53. The second-order valence-corrected chi connectivity index (χ2v) is 10.9. The number of fused-ring (bicyclic) bond motifs is 1. The highest BCUT2D eigenvalue weighted by Gasteiger charge is 2.46. The zero-order valence-corrected chi connectivity index (χ0v) is 22.7. The maximum atomic E-state index is 14.7. The van der Waals surface area contributed by atoms with E-state index in [1.807, 2.05) is 48.3 Å². The molecular formula is C33H37FN2O3. The molecule has 2 amide bonds. The van der Waals surface area contributed by atoms with Gasteiger partial charge >= 0.3 is 0 Å². The van der Waals surface area contributed by atoms with E-state index in [1.165, 1.54) is 12.1 Å². The van der Waals surface area contributed by atoms with Crippen molar-refractivity contribution in [3.8, 4) is 5.75 Å². The van der Waals surface area contributed by atoms with Gasteiger partial charge in [-0.3, -0.25) is 9.59 Å². The lowest BCUT2D eigenvalue weighted by atomic mass is 9.77. The first-order valence-electron chi connectivity index (χ1n) is 14.1. The van der Waals surface area contributed by atoms with E-state index in [-0.39, 0.29) is 30.3 Å². The molecular weight excluding hydrogens is 491 g/mol. The van der Waals surface area contributed by atoms with Gasteiger partial charge in [0.25, 0.3) is 5.91 Å². The first kappa shape index (κ1) is 26.9. The van der Waals surface area contributed by atoms with E-state index in [0.717, 1.165) is 49.7 Å². The fourth-order valence-corrected chi connectivity index (χ4v) is 6.14. The molecule has 0 radical (unpaired) electrons. The van der Waals surface area contributed by atoms with Crippen LogP contribution in [0, 0.1) is 5.82 Å². The van der Waals surface area contributed by atoms with Gasteiger partial charge in [0.15, 0.2) is 0 Å². The molecule has 1 saturated carbocycles. The van der Waals surface area contributed by atoms with Crippen molar-refractivity contribution in [2.45, 2.75) is 56.4 Å². The van der Waals surface area contributed by atoms with Gasteiger partial charge in [-0.2, -0.15) is 0 Å². The number of halogens is 1. The number of para-hydroxylation sites is 1. The van der Waals surface area contributed by atoms with Gasteiger partial charge in [0, 0.05) is 20.1 Å². The van der Waals surface area contributed by atoms with Crippen LogP contribution in [0.15, 0.2) is 78.9 Å². The highest BCUT2D eigenvalue weighted by molar-refractivity contribution is 5.96. The molecule has 204 valence electrons. The average Bonchev–Trinajstić information content (AvgIpc) is 3.46. The van der Waals surface area contributed by atoms with Crippen molar-refractivity contribution >= 4 is 11.8 Å². The van der Waals surface area contributed by atoms with E-state index in [0.29, 0.717) is 30.8 Å². The molecule has 0 aromatic heterocycles. The largest absolute Gasteiger partial charge is 0.491 e. The summed E-state index contributed by atoms with van der Waals surface area (Å²) in [6.45, 7) is 1.45. The molecule has 5 rings (SSSR count). The molecule has 1 aliphatic heterocycles. The Bertz CT molecular complexity index is 1270. The highest BCUT2D eigenvalue weighted by atomic mass is 19.1. The summed E-state index contributed by atoms with van der Waals surface area (Å²) in [6.07, 6.45) is 5.66. The Morgan fingerprint density at radius 2 is 1.56 bits per heavy atom. The van der Waals surface area contributed by atoms with Crippen LogP contribution in [-0.4, -0.2) is 54.4 Å². The summed E-state index contributed by atoms with van der Waals surface area (Å²) in [5.41, 5.74) is 1.90. The van der Waals surface area contributed by atoms with Crippen LogP contribution >= 0.6 is 0 Å². The van der Waals surface area contributed by atoms with Gasteiger partial charge in [-0.25, -0.2) is 4.39 Å². The molecule has 0 unspecified atom stereocenters. The molecule has 39 heavy (non-hydrogen) atoms. The van der Waals surface area contributed by atoms with Crippen molar-refractivity contribution < 1.29 is 18.7 Å². The third-order valence-electron chi connectivity index (χ3n) is 8.32. The Morgan fingerprint density at radius 1 is 0.897 bits per heavy atom. The van der Waals surface area contributed by atoms with Gasteiger partial charge in [-0.15, -0.1) is 0 Å². The maximum absolute atomic E-state index is 14.7. The van der Waals surface area contributed by atoms with E-state index in [9.17, 15) is 14.0 Å². The molecule has 1 atom stereocenters. The number of hydrogen-bond donors (Lipinski definition) is 0. The van der Waals surface area contributed by atoms with Gasteiger partial charge < -0.3 is 14.5 Å². The fraction of sp³-hybridized carbons (Fsp3) is 0.394. The summed E-state index contributed by atoms with van der Waals surface area (Å²) in [6, 6.07) is 23.8. The standard InChI is InChI=1S/C33H37FN2O3/c1-35-21-9-10-22-36(32(38)33(19-7-8-20-33)26-15-17-27(34)18-16-26)28(23-25-11-3-2-4-12-25)24-39-30-14-6-5-13-29(30)31(35)37/h2-6,11-18,28H,7-10,19-24H2,1H3/t28-/m1/s1. The molecule has 3 aromatic rings. The first-order valence-corrected chi connectivity index (χ1v) is 14.1. The lowest BCUT2D eigenvalue weighted by Crippen LogP contribution is -2.53. The summed E-state index contributed by atoms with van der Waals surface area (Å²) in [5, 5.41) is 0. The molecule has 1 heterocycles. The second-order valence-electron chi connectivity index (χ2n) is 10.9. The van der Waals surface area contributed by atoms with Crippen LogP contribution in [-0.2, 0) is 16.6 Å². The average molecular weight is 529 g/mol. The van der Waals surface area contributed by atoms with Crippen LogP contribution in [0.4, 0.5) is 4.39 Å². The van der Waals surface area contributed by atoms with Gasteiger partial charge in [0.2, 0.25) is 5.91 Å². The van der Waals surface area contributed by atoms with E-state index in [2.05, 4.69) is 12.1 Å². The second kappa shape index (κ2) is 12.0. The van der Waals surface area contributed by atoms with Crippen LogP contribution in [0.3, 0.4) is 0 Å². The van der Waals surface area contributed by atoms with E-state index < -0.39 is 5.41 Å². The fourth-order valence-electron chi connectivity index (χ4n) is 6.14. The number of nitrogens with zero attached hydrogens (tertiary/aromatic N) is 2. The number of amides is 2. The number of carbonyl (C=O) groups is 2. The van der Waals surface area contributed by atoms with Gasteiger partial charge in [0.1, 0.15) is 18.2 Å². The predicted octanol–water partition coefficient (Wildman–Crippen LogP) is 6.02. The van der Waals surface area contributed by atoms with Gasteiger partial charge in [0.05, 0.1) is 17.0 Å². The zero-order valence-electron chi connectivity index (χ0n) is 22.7. The van der Waals surface area contributed by atoms with Crippen molar-refractivity contribution in [3.05, 3.63) is 101 Å². The van der Waals surface area contributed by atoms with Crippen molar-refractivity contribution in [3.63, 3.8) is 0 Å². The van der Waals surface area contributed by atoms with Crippen LogP contribution in [0.5, 0.6) is 5.75 Å². The number of benzene rings is 3. The normalized spacial score (nSPS) is 19.9. The van der Waals surface area contributed by atoms with E-state index in [1.54, 1.807) is 23.1 Å².